The molecule has 1 saturated carbocycles. The number of nitrogens with zero attached hydrogens (tertiary/aromatic N) is 4. The number of halogens is 3. The van der Waals surface area contributed by atoms with Crippen LogP contribution in [0, 0.1) is 17.3 Å². The molecule has 16 heteroatoms. The molecular formula is C46H51Cl2FN6O6S. The molecular weight excluding hydrogens is 855 g/mol. The van der Waals surface area contributed by atoms with Gasteiger partial charge in [0.2, 0.25) is 5.88 Å². The Kier molecular flexibility index (Phi) is 13.1. The number of carbonyl (C=O) groups is 1. The minimum absolute atomic E-state index is 0.00681. The van der Waals surface area contributed by atoms with Crippen molar-refractivity contribution in [3.8, 4) is 17.4 Å². The molecule has 328 valence electrons. The van der Waals surface area contributed by atoms with Crippen molar-refractivity contribution in [1.29, 1.82) is 0 Å². The number of nitrogens with one attached hydrogen (secondary N) is 2. The van der Waals surface area contributed by atoms with E-state index in [2.05, 4.69) is 55.7 Å². The van der Waals surface area contributed by atoms with Crippen molar-refractivity contribution in [2.45, 2.75) is 70.0 Å². The summed E-state index contributed by atoms with van der Waals surface area (Å²) in [6.45, 7) is 8.97. The lowest BCUT2D eigenvalue weighted by Gasteiger charge is -2.39. The number of aliphatic hydroxyl groups excluding tert-OH is 1. The van der Waals surface area contributed by atoms with Gasteiger partial charge < -0.3 is 19.5 Å². The first-order chi connectivity index (χ1) is 29.7. The lowest BCUT2D eigenvalue weighted by molar-refractivity contribution is -0.0318. The molecule has 3 heterocycles. The maximum absolute atomic E-state index is 13.9. The van der Waals surface area contributed by atoms with Crippen molar-refractivity contribution in [1.82, 2.24) is 24.8 Å². The largest absolute Gasteiger partial charge is 0.476 e. The number of aliphatic hydroxyl groups is 1. The van der Waals surface area contributed by atoms with E-state index in [9.17, 15) is 22.7 Å². The number of hydrogen-bond donors (Lipinski definition) is 3. The zero-order valence-corrected chi connectivity index (χ0v) is 37.1. The first-order valence-electron chi connectivity index (χ1n) is 21.1. The van der Waals surface area contributed by atoms with Gasteiger partial charge in [-0.2, -0.15) is 5.10 Å². The van der Waals surface area contributed by atoms with Crippen molar-refractivity contribution in [2.75, 3.05) is 44.2 Å². The summed E-state index contributed by atoms with van der Waals surface area (Å²) in [6.07, 6.45) is 6.53. The van der Waals surface area contributed by atoms with Crippen LogP contribution in [0.4, 0.5) is 10.1 Å². The Labute approximate surface area is 371 Å². The van der Waals surface area contributed by atoms with E-state index < -0.39 is 22.3 Å². The van der Waals surface area contributed by atoms with Crippen LogP contribution >= 0.6 is 23.2 Å². The third-order valence-corrected chi connectivity index (χ3v) is 14.3. The van der Waals surface area contributed by atoms with Gasteiger partial charge in [0.1, 0.15) is 21.4 Å². The van der Waals surface area contributed by atoms with E-state index in [0.29, 0.717) is 36.8 Å². The van der Waals surface area contributed by atoms with Gasteiger partial charge in [0.15, 0.2) is 6.36 Å². The van der Waals surface area contributed by atoms with E-state index >= 15 is 0 Å². The maximum Gasteiger partial charge on any atom is 0.268 e. The Hall–Kier alpha value is -4.73. The van der Waals surface area contributed by atoms with Crippen molar-refractivity contribution in [2.24, 2.45) is 17.3 Å². The predicted molar refractivity (Wildman–Crippen MR) is 239 cm³/mol. The molecule has 3 aliphatic rings. The number of benzene rings is 3. The Morgan fingerprint density at radius 3 is 2.48 bits per heavy atom. The molecule has 2 aliphatic carbocycles. The molecule has 1 aliphatic heterocycles. The lowest BCUT2D eigenvalue weighted by atomic mass is 9.72. The Morgan fingerprint density at radius 2 is 1.76 bits per heavy atom. The average Bonchev–Trinajstić information content (AvgIpc) is 3.75. The number of H-pyrrole nitrogens is 1. The molecule has 1 unspecified atom stereocenters. The fourth-order valence-corrected chi connectivity index (χ4v) is 10.1. The highest BCUT2D eigenvalue weighted by Gasteiger charge is 2.31. The van der Waals surface area contributed by atoms with Crippen LogP contribution in [-0.4, -0.2) is 85.2 Å². The van der Waals surface area contributed by atoms with Crippen molar-refractivity contribution >= 4 is 61.3 Å². The number of fused-ring (bicyclic) bond motifs is 1. The summed E-state index contributed by atoms with van der Waals surface area (Å²) >= 11 is 12.7. The summed E-state index contributed by atoms with van der Waals surface area (Å²) in [5.74, 6) is -0.506. The Balaban J connectivity index is 0.972. The number of sulfonamides is 1. The first-order valence-corrected chi connectivity index (χ1v) is 23.3. The lowest BCUT2D eigenvalue weighted by Crippen LogP contribution is -2.47. The van der Waals surface area contributed by atoms with Gasteiger partial charge in [-0.25, -0.2) is 22.5 Å². The molecule has 0 radical (unpaired) electrons. The van der Waals surface area contributed by atoms with Gasteiger partial charge in [-0.05, 0) is 110 Å². The van der Waals surface area contributed by atoms with Gasteiger partial charge in [-0.1, -0.05) is 60.8 Å². The van der Waals surface area contributed by atoms with Crippen LogP contribution in [0.5, 0.6) is 17.4 Å². The number of anilines is 1. The summed E-state index contributed by atoms with van der Waals surface area (Å²) in [5.41, 5.74) is 5.93. The minimum atomic E-state index is -4.45. The van der Waals surface area contributed by atoms with E-state index in [1.807, 2.05) is 24.3 Å². The van der Waals surface area contributed by atoms with Crippen LogP contribution in [0.1, 0.15) is 74.7 Å². The summed E-state index contributed by atoms with van der Waals surface area (Å²) < 4.78 is 54.9. The molecule has 1 atom stereocenters. The van der Waals surface area contributed by atoms with Crippen LogP contribution in [0.2, 0.25) is 10.0 Å². The van der Waals surface area contributed by atoms with Gasteiger partial charge in [0.25, 0.3) is 15.9 Å². The van der Waals surface area contributed by atoms with Gasteiger partial charge in [-0.15, -0.1) is 0 Å². The number of alkyl halides is 1. The zero-order chi connectivity index (χ0) is 43.6. The Morgan fingerprint density at radius 1 is 1.00 bits per heavy atom. The van der Waals surface area contributed by atoms with E-state index in [1.54, 1.807) is 30.5 Å². The summed E-state index contributed by atoms with van der Waals surface area (Å²) in [6, 6.07) is 19.9. The predicted octanol–water partition coefficient (Wildman–Crippen LogP) is 9.43. The molecule has 0 bridgehead atoms. The summed E-state index contributed by atoms with van der Waals surface area (Å²) in [4.78, 5) is 22.5. The van der Waals surface area contributed by atoms with Crippen LogP contribution in [-0.2, 0) is 10.0 Å². The number of rotatable bonds is 13. The minimum Gasteiger partial charge on any atom is -0.476 e. The van der Waals surface area contributed by atoms with E-state index in [1.165, 1.54) is 22.8 Å². The number of aromatic nitrogens is 3. The monoisotopic (exact) mass is 904 g/mol. The molecule has 1 saturated heterocycles. The number of amides is 1. The van der Waals surface area contributed by atoms with Gasteiger partial charge in [0, 0.05) is 55.4 Å². The molecule has 1 amide bonds. The molecule has 3 aromatic carbocycles. The second-order valence-electron chi connectivity index (χ2n) is 17.4. The second kappa shape index (κ2) is 18.5. The number of hydrogen-bond acceptors (Lipinski definition) is 10. The fraction of sp³-hybridized carbons (Fsp3) is 0.413. The van der Waals surface area contributed by atoms with Crippen molar-refractivity contribution in [3.63, 3.8) is 0 Å². The quantitative estimate of drug-likeness (QED) is 0.104. The highest BCUT2D eigenvalue weighted by molar-refractivity contribution is 7.90. The SMILES string of the molecule is CC1(C)CCC(CN2CCN(c3ccc(C(=O)NS(=O)(=O)c4cnc(OCC5CCC(C(O)F)CC5)c(Cl)c4)c(Oc4cccc5[nH]ncc45)c3)CC2)=C(c2ccc(Cl)cc2)C1. The molecule has 3 N–H and O–H groups in total. The summed E-state index contributed by atoms with van der Waals surface area (Å²) in [7, 11) is -4.45. The van der Waals surface area contributed by atoms with Gasteiger partial charge in [-0.3, -0.25) is 14.8 Å². The number of carbonyl (C=O) groups excluding carboxylic acids is 1. The van der Waals surface area contributed by atoms with Crippen molar-refractivity contribution < 1.29 is 32.2 Å². The number of allylic oxidation sites excluding steroid dienone is 1. The molecule has 62 heavy (non-hydrogen) atoms. The standard InChI is InChI=1S/C46H51Cl2FN6O6S/c1-46(2)17-16-32(37(24-46)30-10-12-33(47)13-11-30)27-54-18-20-55(21-19-54)34-14-15-36(42(22-34)61-41-5-3-4-40-38(41)26-51-52-40)44(57)53-62(58,59)35-23-39(48)45(50-25-35)60-28-29-6-8-31(9-7-29)43(49)56/h3-5,10-15,22-23,25-26,29,31,43,56H,6-9,16-21,24,27-28H2,1-2H3,(H,51,52)(H,53,57). The average molecular weight is 906 g/mol. The number of piperazine rings is 1. The van der Waals surface area contributed by atoms with E-state index in [4.69, 9.17) is 32.7 Å². The third kappa shape index (κ3) is 10.2. The highest BCUT2D eigenvalue weighted by Crippen LogP contribution is 2.44. The van der Waals surface area contributed by atoms with E-state index in [0.717, 1.165) is 74.4 Å². The van der Waals surface area contributed by atoms with E-state index in [-0.39, 0.29) is 51.0 Å². The van der Waals surface area contributed by atoms with Crippen LogP contribution in [0.15, 0.2) is 89.6 Å². The normalized spacial score (nSPS) is 20.3. The van der Waals surface area contributed by atoms with Gasteiger partial charge >= 0.3 is 0 Å². The zero-order valence-electron chi connectivity index (χ0n) is 34.7. The topological polar surface area (TPSA) is 150 Å². The maximum atomic E-state index is 13.9. The highest BCUT2D eigenvalue weighted by atomic mass is 35.5. The first kappa shape index (κ1) is 43.9. The molecule has 12 nitrogen and oxygen atoms in total. The molecule has 8 rings (SSSR count). The van der Waals surface area contributed by atoms with Crippen LogP contribution in [0.25, 0.3) is 16.5 Å². The number of aromatic amines is 1. The fourth-order valence-electron chi connectivity index (χ4n) is 8.75. The number of ether oxygens (including phenoxy) is 2. The Bertz CT molecular complexity index is 2550. The molecule has 0 spiro atoms. The second-order valence-corrected chi connectivity index (χ2v) is 19.9. The van der Waals surface area contributed by atoms with Crippen molar-refractivity contribution in [3.05, 3.63) is 106 Å². The molecule has 2 fully saturated rings. The van der Waals surface area contributed by atoms with Crippen LogP contribution in [0.3, 0.4) is 0 Å². The molecule has 5 aromatic rings. The molecule has 2 aromatic heterocycles. The smallest absolute Gasteiger partial charge is 0.268 e. The van der Waals surface area contributed by atoms with Gasteiger partial charge in [0.05, 0.1) is 35.5 Å². The third-order valence-electron chi connectivity index (χ3n) is 12.5. The summed E-state index contributed by atoms with van der Waals surface area (Å²) in [5, 5.41) is 17.7. The van der Waals surface area contributed by atoms with Crippen LogP contribution < -0.4 is 19.1 Å². The number of pyridine rings is 1.